The lowest BCUT2D eigenvalue weighted by Gasteiger charge is -2.09. The minimum atomic E-state index is -0.372. The van der Waals surface area contributed by atoms with Crippen molar-refractivity contribution in [2.75, 3.05) is 7.11 Å². The van der Waals surface area contributed by atoms with Gasteiger partial charge in [0.15, 0.2) is 0 Å². The SMILES string of the molecule is COc1ccc(C=NNC(=O)c2cc(-c3ccc(OC(C)C)cc3)n[nH]2)cc1. The molecule has 28 heavy (non-hydrogen) atoms. The maximum Gasteiger partial charge on any atom is 0.289 e. The van der Waals surface area contributed by atoms with Crippen LogP contribution in [0.4, 0.5) is 0 Å². The number of nitrogens with zero attached hydrogens (tertiary/aromatic N) is 2. The van der Waals surface area contributed by atoms with Gasteiger partial charge >= 0.3 is 0 Å². The Morgan fingerprint density at radius 3 is 2.43 bits per heavy atom. The molecule has 7 nitrogen and oxygen atoms in total. The Kier molecular flexibility index (Phi) is 6.06. The molecule has 0 saturated carbocycles. The van der Waals surface area contributed by atoms with Crippen molar-refractivity contribution >= 4 is 12.1 Å². The van der Waals surface area contributed by atoms with E-state index in [-0.39, 0.29) is 12.0 Å². The van der Waals surface area contributed by atoms with Gasteiger partial charge in [-0.05, 0) is 74.0 Å². The number of hydrogen-bond acceptors (Lipinski definition) is 5. The first-order valence-electron chi connectivity index (χ1n) is 8.85. The Labute approximate surface area is 163 Å². The van der Waals surface area contributed by atoms with E-state index in [1.807, 2.05) is 62.4 Å². The van der Waals surface area contributed by atoms with Crippen LogP contribution < -0.4 is 14.9 Å². The second kappa shape index (κ2) is 8.85. The molecule has 0 fully saturated rings. The molecule has 7 heteroatoms. The predicted molar refractivity (Wildman–Crippen MR) is 108 cm³/mol. The number of amides is 1. The Hall–Kier alpha value is -3.61. The molecular weight excluding hydrogens is 356 g/mol. The molecule has 0 aliphatic carbocycles. The molecule has 0 saturated heterocycles. The van der Waals surface area contributed by atoms with Gasteiger partial charge < -0.3 is 9.47 Å². The molecule has 3 rings (SSSR count). The van der Waals surface area contributed by atoms with Crippen LogP contribution in [-0.4, -0.2) is 35.5 Å². The van der Waals surface area contributed by atoms with Crippen molar-refractivity contribution in [2.45, 2.75) is 20.0 Å². The number of ether oxygens (including phenoxy) is 2. The van der Waals surface area contributed by atoms with E-state index in [9.17, 15) is 4.79 Å². The second-order valence-electron chi connectivity index (χ2n) is 6.33. The Balaban J connectivity index is 1.61. The van der Waals surface area contributed by atoms with Crippen LogP contribution in [0.2, 0.25) is 0 Å². The molecule has 2 aromatic carbocycles. The van der Waals surface area contributed by atoms with Crippen molar-refractivity contribution in [2.24, 2.45) is 5.10 Å². The van der Waals surface area contributed by atoms with Crippen molar-refractivity contribution < 1.29 is 14.3 Å². The second-order valence-corrected chi connectivity index (χ2v) is 6.33. The number of carbonyl (C=O) groups excluding carboxylic acids is 1. The van der Waals surface area contributed by atoms with Crippen molar-refractivity contribution in [1.29, 1.82) is 0 Å². The lowest BCUT2D eigenvalue weighted by Crippen LogP contribution is -2.17. The van der Waals surface area contributed by atoms with Gasteiger partial charge in [0.05, 0.1) is 25.1 Å². The molecule has 0 bridgehead atoms. The Morgan fingerprint density at radius 2 is 1.79 bits per heavy atom. The van der Waals surface area contributed by atoms with E-state index in [0.29, 0.717) is 11.4 Å². The summed E-state index contributed by atoms with van der Waals surface area (Å²) in [7, 11) is 1.61. The van der Waals surface area contributed by atoms with Gasteiger partial charge in [0, 0.05) is 5.56 Å². The summed E-state index contributed by atoms with van der Waals surface area (Å²) in [6, 6.07) is 16.6. The number of hydrogen-bond donors (Lipinski definition) is 2. The molecule has 0 atom stereocenters. The maximum atomic E-state index is 12.2. The molecular formula is C21H22N4O3. The molecule has 0 aliphatic rings. The molecule has 0 aliphatic heterocycles. The monoisotopic (exact) mass is 378 g/mol. The third-order valence-electron chi connectivity index (χ3n) is 3.84. The number of H-pyrrole nitrogens is 1. The van der Waals surface area contributed by atoms with Gasteiger partial charge in [-0.15, -0.1) is 0 Å². The van der Waals surface area contributed by atoms with Gasteiger partial charge in [-0.3, -0.25) is 9.89 Å². The summed E-state index contributed by atoms with van der Waals surface area (Å²) in [5, 5.41) is 10.9. The topological polar surface area (TPSA) is 88.6 Å². The first-order chi connectivity index (χ1) is 13.5. The number of nitrogens with one attached hydrogen (secondary N) is 2. The number of hydrazone groups is 1. The lowest BCUT2D eigenvalue weighted by molar-refractivity contribution is 0.0950. The van der Waals surface area contributed by atoms with Gasteiger partial charge in [-0.1, -0.05) is 0 Å². The predicted octanol–water partition coefficient (Wildman–Crippen LogP) is 3.64. The summed E-state index contributed by atoms with van der Waals surface area (Å²) in [6.07, 6.45) is 1.67. The van der Waals surface area contributed by atoms with Crippen LogP contribution in [0.15, 0.2) is 59.7 Å². The van der Waals surface area contributed by atoms with E-state index in [0.717, 1.165) is 22.6 Å². The van der Waals surface area contributed by atoms with E-state index in [1.165, 1.54) is 0 Å². The van der Waals surface area contributed by atoms with Crippen molar-refractivity contribution in [3.05, 3.63) is 65.9 Å². The van der Waals surface area contributed by atoms with Crippen molar-refractivity contribution in [3.8, 4) is 22.8 Å². The summed E-state index contributed by atoms with van der Waals surface area (Å²) in [6.45, 7) is 3.95. The van der Waals surface area contributed by atoms with Crippen LogP contribution in [0.1, 0.15) is 29.9 Å². The summed E-state index contributed by atoms with van der Waals surface area (Å²) in [5.41, 5.74) is 5.20. The molecule has 0 unspecified atom stereocenters. The van der Waals surface area contributed by atoms with Crippen LogP contribution >= 0.6 is 0 Å². The number of methoxy groups -OCH3 is 1. The first-order valence-corrected chi connectivity index (χ1v) is 8.85. The Morgan fingerprint density at radius 1 is 1.11 bits per heavy atom. The highest BCUT2D eigenvalue weighted by molar-refractivity contribution is 5.94. The van der Waals surface area contributed by atoms with Crippen molar-refractivity contribution in [1.82, 2.24) is 15.6 Å². The fraction of sp³-hybridized carbons (Fsp3) is 0.190. The van der Waals surface area contributed by atoms with Crippen LogP contribution in [0, 0.1) is 0 Å². The van der Waals surface area contributed by atoms with Gasteiger partial charge in [0.1, 0.15) is 17.2 Å². The van der Waals surface area contributed by atoms with Crippen LogP contribution in [0.3, 0.4) is 0 Å². The van der Waals surface area contributed by atoms with E-state index in [1.54, 1.807) is 19.4 Å². The molecule has 0 radical (unpaired) electrons. The van der Waals surface area contributed by atoms with E-state index in [2.05, 4.69) is 20.7 Å². The van der Waals surface area contributed by atoms with E-state index < -0.39 is 0 Å². The normalized spacial score (nSPS) is 11.0. The molecule has 0 spiro atoms. The third-order valence-corrected chi connectivity index (χ3v) is 3.84. The number of carbonyl (C=O) groups is 1. The first kappa shape index (κ1) is 19.2. The molecule has 1 amide bonds. The smallest absolute Gasteiger partial charge is 0.289 e. The highest BCUT2D eigenvalue weighted by Crippen LogP contribution is 2.22. The maximum absolute atomic E-state index is 12.2. The minimum absolute atomic E-state index is 0.116. The third kappa shape index (κ3) is 4.97. The van der Waals surface area contributed by atoms with E-state index in [4.69, 9.17) is 9.47 Å². The zero-order chi connectivity index (χ0) is 19.9. The zero-order valence-electron chi connectivity index (χ0n) is 16.0. The van der Waals surface area contributed by atoms with Crippen molar-refractivity contribution in [3.63, 3.8) is 0 Å². The zero-order valence-corrected chi connectivity index (χ0v) is 16.0. The molecule has 1 aromatic heterocycles. The number of aromatic nitrogens is 2. The van der Waals surface area contributed by atoms with Gasteiger partial charge in [0.2, 0.25) is 0 Å². The highest BCUT2D eigenvalue weighted by atomic mass is 16.5. The minimum Gasteiger partial charge on any atom is -0.497 e. The standard InChI is InChI=1S/C21H22N4O3/c1-14(2)28-18-10-6-16(7-11-18)19-12-20(24-23-19)21(26)25-22-13-15-4-8-17(27-3)9-5-15/h4-14H,1-3H3,(H,23,24)(H,25,26). The average Bonchev–Trinajstić information content (AvgIpc) is 3.19. The fourth-order valence-electron chi connectivity index (χ4n) is 2.48. The van der Waals surface area contributed by atoms with Crippen LogP contribution in [0.25, 0.3) is 11.3 Å². The lowest BCUT2D eigenvalue weighted by atomic mass is 10.1. The largest absolute Gasteiger partial charge is 0.497 e. The Bertz CT molecular complexity index is 945. The summed E-state index contributed by atoms with van der Waals surface area (Å²) < 4.78 is 10.7. The molecule has 144 valence electrons. The van der Waals surface area contributed by atoms with E-state index >= 15 is 0 Å². The molecule has 1 heterocycles. The quantitative estimate of drug-likeness (QED) is 0.485. The number of aromatic amines is 1. The number of rotatable bonds is 7. The summed E-state index contributed by atoms with van der Waals surface area (Å²) in [5.74, 6) is 1.18. The fourth-order valence-corrected chi connectivity index (χ4v) is 2.48. The van der Waals surface area contributed by atoms with Crippen LogP contribution in [0.5, 0.6) is 11.5 Å². The summed E-state index contributed by atoms with van der Waals surface area (Å²) in [4.78, 5) is 12.2. The van der Waals surface area contributed by atoms with Gasteiger partial charge in [0.25, 0.3) is 5.91 Å². The van der Waals surface area contributed by atoms with Gasteiger partial charge in [-0.2, -0.15) is 10.2 Å². The highest BCUT2D eigenvalue weighted by Gasteiger charge is 2.10. The molecule has 3 aromatic rings. The van der Waals surface area contributed by atoms with Crippen LogP contribution in [-0.2, 0) is 0 Å². The van der Waals surface area contributed by atoms with Gasteiger partial charge in [-0.25, -0.2) is 5.43 Å². The number of benzene rings is 2. The molecule has 2 N–H and O–H groups in total. The summed E-state index contributed by atoms with van der Waals surface area (Å²) >= 11 is 0. The average molecular weight is 378 g/mol.